The lowest BCUT2D eigenvalue weighted by molar-refractivity contribution is 0.995. The molecule has 8 aromatic rings. The van der Waals surface area contributed by atoms with Gasteiger partial charge < -0.3 is 0 Å². The molecule has 0 fully saturated rings. The summed E-state index contributed by atoms with van der Waals surface area (Å²) >= 11 is 0. The lowest BCUT2D eigenvalue weighted by atomic mass is 10.2. The number of nitrogens with zero attached hydrogens (tertiary/aromatic N) is 8. The zero-order chi connectivity index (χ0) is 31.9. The Morgan fingerprint density at radius 2 is 0.729 bits per heavy atom. The Bertz CT molecular complexity index is 2180. The van der Waals surface area contributed by atoms with Crippen LogP contribution in [-0.4, -0.2) is 29.1 Å². The minimum atomic E-state index is 0.706. The van der Waals surface area contributed by atoms with Crippen LogP contribution in [0.4, 0.5) is 34.9 Å². The Kier molecular flexibility index (Phi) is 6.61. The highest BCUT2D eigenvalue weighted by molar-refractivity contribution is 5.80. The summed E-state index contributed by atoms with van der Waals surface area (Å²) in [4.78, 5) is 24.7. The summed E-state index contributed by atoms with van der Waals surface area (Å²) in [7, 11) is 0. The number of anilines is 6. The summed E-state index contributed by atoms with van der Waals surface area (Å²) in [5.41, 5.74) is 7.27. The van der Waals surface area contributed by atoms with E-state index < -0.39 is 0 Å². The van der Waals surface area contributed by atoms with Crippen LogP contribution in [0.25, 0.3) is 33.9 Å². The third kappa shape index (κ3) is 4.80. The van der Waals surface area contributed by atoms with Crippen LogP contribution in [0.15, 0.2) is 170 Å². The van der Waals surface area contributed by atoms with Crippen LogP contribution in [0.3, 0.4) is 0 Å². The zero-order valence-corrected chi connectivity index (χ0v) is 25.7. The first-order chi connectivity index (χ1) is 23.8. The zero-order valence-electron chi connectivity index (χ0n) is 25.7. The van der Waals surface area contributed by atoms with Gasteiger partial charge in [0.15, 0.2) is 0 Å². The summed E-state index contributed by atoms with van der Waals surface area (Å²) in [5, 5.41) is 0. The molecule has 4 aromatic carbocycles. The van der Waals surface area contributed by atoms with E-state index >= 15 is 0 Å². The molecule has 0 N–H and O–H groups in total. The van der Waals surface area contributed by atoms with Crippen molar-refractivity contribution >= 4 is 34.9 Å². The van der Waals surface area contributed by atoms with Crippen molar-refractivity contribution in [2.45, 2.75) is 0 Å². The first kappa shape index (κ1) is 27.5. The van der Waals surface area contributed by atoms with Gasteiger partial charge in [0.25, 0.3) is 0 Å². The molecule has 0 unspecified atom stereocenters. The Hall–Kier alpha value is -6.80. The lowest BCUT2D eigenvalue weighted by Crippen LogP contribution is -2.16. The van der Waals surface area contributed by atoms with E-state index in [2.05, 4.69) is 92.0 Å². The molecule has 0 radical (unpaired) electrons. The fourth-order valence-corrected chi connectivity index (χ4v) is 6.15. The van der Waals surface area contributed by atoms with E-state index in [1.54, 1.807) is 0 Å². The van der Waals surface area contributed by atoms with Gasteiger partial charge in [-0.3, -0.25) is 18.9 Å². The Balaban J connectivity index is 1.37. The van der Waals surface area contributed by atoms with Crippen molar-refractivity contribution in [1.82, 2.24) is 29.1 Å². The average molecular weight is 621 g/mol. The third-order valence-electron chi connectivity index (χ3n) is 8.41. The molecule has 0 aliphatic carbocycles. The maximum absolute atomic E-state index is 5.32. The number of imidazole rings is 2. The molecule has 8 nitrogen and oxygen atoms in total. The van der Waals surface area contributed by atoms with Crippen LogP contribution in [0, 0.1) is 0 Å². The monoisotopic (exact) mass is 620 g/mol. The molecule has 0 atom stereocenters. The average Bonchev–Trinajstić information content (AvgIpc) is 3.80. The molecule has 8 heteroatoms. The van der Waals surface area contributed by atoms with E-state index in [4.69, 9.17) is 19.9 Å². The molecule has 0 saturated carbocycles. The minimum absolute atomic E-state index is 0.706. The number of pyridine rings is 2. The van der Waals surface area contributed by atoms with Gasteiger partial charge in [-0.15, -0.1) is 0 Å². The Morgan fingerprint density at radius 3 is 1.10 bits per heavy atom. The quantitative estimate of drug-likeness (QED) is 0.195. The first-order valence-electron chi connectivity index (χ1n) is 15.7. The van der Waals surface area contributed by atoms with Gasteiger partial charge >= 0.3 is 0 Å². The van der Waals surface area contributed by atoms with Gasteiger partial charge in [0, 0.05) is 47.3 Å². The number of para-hydroxylation sites is 4. The molecule has 0 amide bonds. The summed E-state index contributed by atoms with van der Waals surface area (Å²) in [6, 6.07) is 49.1. The molecule has 0 spiro atoms. The standard InChI is InChI=1S/C40H28N8/c1-5-13-31(14-6-1)45-27-35-29-21-23-42-38(25-29)48(34-19-11-4-12-20-34)40-44-36(28-46(40)32-15-7-2-8-16-32)30-22-24-41-37(26-30)47(39(45)43-35)33-17-9-3-10-18-33/h1-28H. The molecule has 4 aromatic heterocycles. The van der Waals surface area contributed by atoms with Crippen molar-refractivity contribution < 1.29 is 0 Å². The van der Waals surface area contributed by atoms with Crippen molar-refractivity contribution in [3.05, 3.63) is 170 Å². The van der Waals surface area contributed by atoms with Crippen LogP contribution in [-0.2, 0) is 0 Å². The van der Waals surface area contributed by atoms with Crippen LogP contribution in [0.2, 0.25) is 0 Å². The fraction of sp³-hybridized carbons (Fsp3) is 0. The molecule has 0 saturated heterocycles. The number of benzene rings is 4. The van der Waals surface area contributed by atoms with E-state index in [-0.39, 0.29) is 0 Å². The van der Waals surface area contributed by atoms with Gasteiger partial charge in [0.2, 0.25) is 11.9 Å². The van der Waals surface area contributed by atoms with Crippen molar-refractivity contribution in [3.8, 4) is 33.9 Å². The van der Waals surface area contributed by atoms with Crippen LogP contribution < -0.4 is 9.80 Å². The molecule has 9 rings (SSSR count). The predicted octanol–water partition coefficient (Wildman–Crippen LogP) is 9.43. The molecule has 1 aliphatic rings. The predicted molar refractivity (Wildman–Crippen MR) is 190 cm³/mol. The fourth-order valence-electron chi connectivity index (χ4n) is 6.15. The largest absolute Gasteiger partial charge is 0.285 e. The molecule has 228 valence electrons. The van der Waals surface area contributed by atoms with Gasteiger partial charge in [-0.05, 0) is 72.8 Å². The highest BCUT2D eigenvalue weighted by atomic mass is 15.4. The molecule has 5 heterocycles. The molecule has 8 bridgehead atoms. The van der Waals surface area contributed by atoms with Crippen molar-refractivity contribution in [2.75, 3.05) is 9.80 Å². The van der Waals surface area contributed by atoms with Gasteiger partial charge in [-0.2, -0.15) is 0 Å². The molecular formula is C40H28N8. The number of rotatable bonds is 4. The normalized spacial score (nSPS) is 12.1. The number of aromatic nitrogens is 6. The molecule has 48 heavy (non-hydrogen) atoms. The summed E-state index contributed by atoms with van der Waals surface area (Å²) < 4.78 is 4.24. The van der Waals surface area contributed by atoms with Crippen LogP contribution in [0.1, 0.15) is 0 Å². The van der Waals surface area contributed by atoms with E-state index in [1.807, 2.05) is 97.3 Å². The Labute approximate surface area is 277 Å². The van der Waals surface area contributed by atoms with Crippen molar-refractivity contribution in [3.63, 3.8) is 0 Å². The topological polar surface area (TPSA) is 67.9 Å². The SMILES string of the molecule is c1ccc(N2c3cc(ccn3)-c3cn(-c4ccccc4)c(n3)N(c3ccccc3)c3cc(ccn3)-c3cn(-c4ccccc4)c2n3)cc1. The molecule has 1 aliphatic heterocycles. The molecular weight excluding hydrogens is 592 g/mol. The van der Waals surface area contributed by atoms with E-state index in [9.17, 15) is 0 Å². The second kappa shape index (κ2) is 11.5. The van der Waals surface area contributed by atoms with E-state index in [0.717, 1.165) is 56.9 Å². The summed E-state index contributed by atoms with van der Waals surface area (Å²) in [5.74, 6) is 2.85. The smallest absolute Gasteiger partial charge is 0.221 e. The van der Waals surface area contributed by atoms with E-state index in [0.29, 0.717) is 11.9 Å². The summed E-state index contributed by atoms with van der Waals surface area (Å²) in [6.45, 7) is 0. The van der Waals surface area contributed by atoms with Crippen molar-refractivity contribution in [2.24, 2.45) is 0 Å². The van der Waals surface area contributed by atoms with Crippen LogP contribution in [0.5, 0.6) is 0 Å². The third-order valence-corrected chi connectivity index (χ3v) is 8.41. The van der Waals surface area contributed by atoms with Crippen molar-refractivity contribution in [1.29, 1.82) is 0 Å². The number of hydrogen-bond acceptors (Lipinski definition) is 6. The highest BCUT2D eigenvalue weighted by Crippen LogP contribution is 2.41. The minimum Gasteiger partial charge on any atom is -0.285 e. The second-order valence-electron chi connectivity index (χ2n) is 11.4. The highest BCUT2D eigenvalue weighted by Gasteiger charge is 2.26. The van der Waals surface area contributed by atoms with Gasteiger partial charge in [-0.1, -0.05) is 72.8 Å². The number of hydrogen-bond donors (Lipinski definition) is 0. The number of fused-ring (bicyclic) bond motifs is 10. The van der Waals surface area contributed by atoms with Gasteiger partial charge in [0.1, 0.15) is 11.6 Å². The Morgan fingerprint density at radius 1 is 0.375 bits per heavy atom. The van der Waals surface area contributed by atoms with Gasteiger partial charge in [-0.25, -0.2) is 19.9 Å². The van der Waals surface area contributed by atoms with Crippen LogP contribution >= 0.6 is 0 Å². The first-order valence-corrected chi connectivity index (χ1v) is 15.7. The summed E-state index contributed by atoms with van der Waals surface area (Å²) in [6.07, 6.45) is 7.84. The van der Waals surface area contributed by atoms with Gasteiger partial charge in [0.05, 0.1) is 22.8 Å². The second-order valence-corrected chi connectivity index (χ2v) is 11.4. The maximum atomic E-state index is 5.32. The van der Waals surface area contributed by atoms with E-state index in [1.165, 1.54) is 0 Å². The lowest BCUT2D eigenvalue weighted by Gasteiger charge is -2.24. The maximum Gasteiger partial charge on any atom is 0.221 e.